The number of hydrogen-bond donors (Lipinski definition) is 1. The van der Waals surface area contributed by atoms with Gasteiger partial charge in [0.2, 0.25) is 0 Å². The van der Waals surface area contributed by atoms with E-state index in [0.29, 0.717) is 12.2 Å². The zero-order valence-electron chi connectivity index (χ0n) is 17.4. The third-order valence-corrected chi connectivity index (χ3v) is 6.52. The number of ether oxygens (including phenoxy) is 1. The van der Waals surface area contributed by atoms with Gasteiger partial charge in [-0.2, -0.15) is 5.10 Å². The van der Waals surface area contributed by atoms with Gasteiger partial charge < -0.3 is 4.74 Å². The number of morpholine rings is 1. The van der Waals surface area contributed by atoms with Crippen LogP contribution in [0.25, 0.3) is 32.2 Å². The number of pyridine rings is 2. The predicted molar refractivity (Wildman–Crippen MR) is 121 cm³/mol. The molecule has 4 aromatic rings. The molecular weight excluding hydrogens is 412 g/mol. The van der Waals surface area contributed by atoms with E-state index < -0.39 is 0 Å². The fourth-order valence-electron chi connectivity index (χ4n) is 3.84. The zero-order valence-corrected chi connectivity index (χ0v) is 18.2. The molecule has 5 heterocycles. The lowest BCUT2D eigenvalue weighted by molar-refractivity contribution is 0.0336. The number of thiazole rings is 1. The van der Waals surface area contributed by atoms with Crippen LogP contribution in [0.2, 0.25) is 0 Å². The zero-order chi connectivity index (χ0) is 21.2. The highest BCUT2D eigenvalue weighted by molar-refractivity contribution is 7.18. The number of fused-ring (bicyclic) bond motifs is 1. The van der Waals surface area contributed by atoms with Gasteiger partial charge >= 0.3 is 0 Å². The molecule has 5 rings (SSSR count). The number of nitrogens with zero attached hydrogens (tertiary/aromatic N) is 5. The molecular formula is C22H24N6O2S. The van der Waals surface area contributed by atoms with Crippen LogP contribution in [0.15, 0.2) is 41.5 Å². The van der Waals surface area contributed by atoms with Gasteiger partial charge in [-0.15, -0.1) is 11.3 Å². The van der Waals surface area contributed by atoms with Crippen LogP contribution in [0, 0.1) is 0 Å². The Labute approximate surface area is 183 Å². The van der Waals surface area contributed by atoms with Crippen LogP contribution in [0.1, 0.15) is 19.0 Å². The summed E-state index contributed by atoms with van der Waals surface area (Å²) >= 11 is 1.59. The number of hydrogen-bond acceptors (Lipinski definition) is 7. The topological polar surface area (TPSA) is 88.9 Å². The number of aryl methyl sites for hydroxylation is 1. The van der Waals surface area contributed by atoms with Crippen molar-refractivity contribution in [3.63, 3.8) is 0 Å². The van der Waals surface area contributed by atoms with Crippen LogP contribution in [-0.4, -0.2) is 55.9 Å². The van der Waals surface area contributed by atoms with Crippen LogP contribution >= 0.6 is 11.3 Å². The third-order valence-electron chi connectivity index (χ3n) is 5.46. The summed E-state index contributed by atoms with van der Waals surface area (Å²) in [4.78, 5) is 24.8. The Bertz CT molecular complexity index is 1240. The summed E-state index contributed by atoms with van der Waals surface area (Å²) in [6, 6.07) is 7.59. The maximum Gasteiger partial charge on any atom is 0.252 e. The van der Waals surface area contributed by atoms with Crippen molar-refractivity contribution in [2.75, 3.05) is 26.3 Å². The molecule has 0 aliphatic carbocycles. The standard InChI is InChI=1S/C22H24N6O2S/c1-2-7-28-19(29)6-5-17-20(25-26-21(17)28)18-13-24-22(31-18)15-3-4-16(23-12-15)14-27-8-10-30-11-9-27/h3-6,12-13H,2,7-11,14H2,1H3,(H,25,26). The molecule has 0 radical (unpaired) electrons. The maximum absolute atomic E-state index is 12.2. The van der Waals surface area contributed by atoms with Crippen molar-refractivity contribution < 1.29 is 4.74 Å². The molecule has 1 aliphatic heterocycles. The van der Waals surface area contributed by atoms with Crippen LogP contribution < -0.4 is 5.56 Å². The number of rotatable bonds is 6. The highest BCUT2D eigenvalue weighted by atomic mass is 32.1. The first-order valence-electron chi connectivity index (χ1n) is 10.5. The minimum Gasteiger partial charge on any atom is -0.379 e. The van der Waals surface area contributed by atoms with Gasteiger partial charge in [0.05, 0.1) is 29.5 Å². The second kappa shape index (κ2) is 8.70. The average molecular weight is 437 g/mol. The highest BCUT2D eigenvalue weighted by Crippen LogP contribution is 2.34. The lowest BCUT2D eigenvalue weighted by atomic mass is 10.2. The summed E-state index contributed by atoms with van der Waals surface area (Å²) in [6.45, 7) is 7.01. The molecule has 31 heavy (non-hydrogen) atoms. The van der Waals surface area contributed by atoms with Crippen molar-refractivity contribution in [1.82, 2.24) is 29.6 Å². The van der Waals surface area contributed by atoms with Gasteiger partial charge in [0.25, 0.3) is 5.56 Å². The average Bonchev–Trinajstić information content (AvgIpc) is 3.44. The van der Waals surface area contributed by atoms with E-state index in [2.05, 4.69) is 44.1 Å². The first-order chi connectivity index (χ1) is 15.2. The Kier molecular flexibility index (Phi) is 5.63. The third kappa shape index (κ3) is 4.04. The molecule has 0 amide bonds. The largest absolute Gasteiger partial charge is 0.379 e. The van der Waals surface area contributed by atoms with E-state index in [9.17, 15) is 4.79 Å². The number of aromatic amines is 1. The number of H-pyrrole nitrogens is 1. The van der Waals surface area contributed by atoms with Gasteiger partial charge in [-0.05, 0) is 24.6 Å². The summed E-state index contributed by atoms with van der Waals surface area (Å²) < 4.78 is 7.12. The van der Waals surface area contributed by atoms with Crippen LogP contribution in [0.3, 0.4) is 0 Å². The molecule has 1 aliphatic rings. The SMILES string of the molecule is CCCn1c(=O)ccc2c(-c3cnc(-c4ccc(CN5CCOCC5)nc4)s3)[nH]nc21. The molecule has 0 spiro atoms. The molecule has 1 saturated heterocycles. The summed E-state index contributed by atoms with van der Waals surface area (Å²) in [7, 11) is 0. The summed E-state index contributed by atoms with van der Waals surface area (Å²) in [6.07, 6.45) is 4.62. The molecule has 0 bridgehead atoms. The maximum atomic E-state index is 12.2. The van der Waals surface area contributed by atoms with Gasteiger partial charge in [-0.25, -0.2) is 4.98 Å². The van der Waals surface area contributed by atoms with E-state index in [1.165, 1.54) is 0 Å². The van der Waals surface area contributed by atoms with Gasteiger partial charge in [-0.1, -0.05) is 6.92 Å². The smallest absolute Gasteiger partial charge is 0.252 e. The Balaban J connectivity index is 1.39. The van der Waals surface area contributed by atoms with Gasteiger partial charge in [0.1, 0.15) is 5.01 Å². The second-order valence-electron chi connectivity index (χ2n) is 7.62. The summed E-state index contributed by atoms with van der Waals surface area (Å²) in [5.74, 6) is 0. The fraction of sp³-hybridized carbons (Fsp3) is 0.364. The Morgan fingerprint density at radius 3 is 2.77 bits per heavy atom. The molecule has 0 aromatic carbocycles. The van der Waals surface area contributed by atoms with Gasteiger partial charge in [-0.3, -0.25) is 24.3 Å². The first-order valence-corrected chi connectivity index (χ1v) is 11.3. The van der Waals surface area contributed by atoms with Crippen molar-refractivity contribution in [3.05, 3.63) is 52.7 Å². The Morgan fingerprint density at radius 2 is 2.00 bits per heavy atom. The molecule has 0 unspecified atom stereocenters. The first kappa shape index (κ1) is 20.0. The predicted octanol–water partition coefficient (Wildman–Crippen LogP) is 3.15. The molecule has 0 atom stereocenters. The van der Waals surface area contributed by atoms with Crippen LogP contribution in [0.4, 0.5) is 0 Å². The van der Waals surface area contributed by atoms with E-state index in [1.807, 2.05) is 18.5 Å². The summed E-state index contributed by atoms with van der Waals surface area (Å²) in [5.41, 5.74) is 3.60. The van der Waals surface area contributed by atoms with Crippen molar-refractivity contribution in [2.45, 2.75) is 26.4 Å². The Hall–Kier alpha value is -2.88. The monoisotopic (exact) mass is 436 g/mol. The molecule has 1 fully saturated rings. The number of aromatic nitrogens is 5. The van der Waals surface area contributed by atoms with Crippen molar-refractivity contribution in [2.24, 2.45) is 0 Å². The summed E-state index contributed by atoms with van der Waals surface area (Å²) in [5, 5.41) is 9.36. The van der Waals surface area contributed by atoms with Crippen molar-refractivity contribution in [1.29, 1.82) is 0 Å². The van der Waals surface area contributed by atoms with E-state index in [-0.39, 0.29) is 5.56 Å². The normalized spacial score (nSPS) is 15.0. The van der Waals surface area contributed by atoms with Crippen molar-refractivity contribution >= 4 is 22.4 Å². The Morgan fingerprint density at radius 1 is 1.13 bits per heavy atom. The molecule has 4 aromatic heterocycles. The van der Waals surface area contributed by atoms with E-state index in [1.54, 1.807) is 22.0 Å². The van der Waals surface area contributed by atoms with E-state index >= 15 is 0 Å². The van der Waals surface area contributed by atoms with Gasteiger partial charge in [0, 0.05) is 55.6 Å². The molecule has 8 nitrogen and oxygen atoms in total. The van der Waals surface area contributed by atoms with Crippen molar-refractivity contribution in [3.8, 4) is 21.1 Å². The molecule has 160 valence electrons. The molecule has 9 heteroatoms. The van der Waals surface area contributed by atoms with E-state index in [0.717, 1.165) is 71.5 Å². The van der Waals surface area contributed by atoms with Crippen LogP contribution in [0.5, 0.6) is 0 Å². The molecule has 0 saturated carbocycles. The highest BCUT2D eigenvalue weighted by Gasteiger charge is 2.16. The quantitative estimate of drug-likeness (QED) is 0.500. The van der Waals surface area contributed by atoms with Gasteiger partial charge in [0.15, 0.2) is 5.65 Å². The minimum absolute atomic E-state index is 0.0272. The lowest BCUT2D eigenvalue weighted by Gasteiger charge is -2.26. The fourth-order valence-corrected chi connectivity index (χ4v) is 4.75. The minimum atomic E-state index is -0.0272. The molecule has 1 N–H and O–H groups in total. The second-order valence-corrected chi connectivity index (χ2v) is 8.65. The van der Waals surface area contributed by atoms with Crippen LogP contribution in [-0.2, 0) is 17.8 Å². The van der Waals surface area contributed by atoms with E-state index in [4.69, 9.17) is 4.74 Å². The lowest BCUT2D eigenvalue weighted by Crippen LogP contribution is -2.35. The number of nitrogens with one attached hydrogen (secondary N) is 1.